The van der Waals surface area contributed by atoms with Crippen molar-refractivity contribution >= 4 is 10.0 Å². The molecule has 0 spiro atoms. The predicted molar refractivity (Wildman–Crippen MR) is 69.1 cm³/mol. The summed E-state index contributed by atoms with van der Waals surface area (Å²) in [5, 5.41) is 0. The van der Waals surface area contributed by atoms with Crippen LogP contribution in [0, 0.1) is 5.82 Å². The van der Waals surface area contributed by atoms with Gasteiger partial charge in [0.2, 0.25) is 10.0 Å². The van der Waals surface area contributed by atoms with Gasteiger partial charge in [-0.2, -0.15) is 4.31 Å². The molecule has 0 unspecified atom stereocenters. The van der Waals surface area contributed by atoms with Crippen LogP contribution in [0.15, 0.2) is 17.0 Å². The van der Waals surface area contributed by atoms with Crippen LogP contribution in [0.1, 0.15) is 0 Å². The molecule has 1 aliphatic heterocycles. The normalized spacial score (nSPS) is 16.9. The van der Waals surface area contributed by atoms with Gasteiger partial charge in [-0.3, -0.25) is 0 Å². The Balaban J connectivity index is 2.49. The maximum absolute atomic E-state index is 13.6. The van der Waals surface area contributed by atoms with E-state index in [4.69, 9.17) is 14.2 Å². The smallest absolute Gasteiger partial charge is 0.247 e. The number of morpholine rings is 1. The van der Waals surface area contributed by atoms with E-state index in [0.29, 0.717) is 13.2 Å². The lowest BCUT2D eigenvalue weighted by atomic mass is 10.3. The zero-order chi connectivity index (χ0) is 14.8. The molecule has 1 heterocycles. The number of halogens is 1. The van der Waals surface area contributed by atoms with Gasteiger partial charge in [0.15, 0.2) is 11.6 Å². The Morgan fingerprint density at radius 2 is 1.75 bits per heavy atom. The van der Waals surface area contributed by atoms with Crippen LogP contribution in [0.5, 0.6) is 11.5 Å². The molecule has 0 N–H and O–H groups in total. The highest BCUT2D eigenvalue weighted by Gasteiger charge is 2.30. The summed E-state index contributed by atoms with van der Waals surface area (Å²) in [6.45, 7) is 1.18. The molecule has 0 saturated carbocycles. The third-order valence-electron chi connectivity index (χ3n) is 3.03. The van der Waals surface area contributed by atoms with E-state index in [1.165, 1.54) is 18.5 Å². The van der Waals surface area contributed by atoms with Crippen LogP contribution >= 0.6 is 0 Å². The van der Waals surface area contributed by atoms with Crippen LogP contribution in [0.4, 0.5) is 4.39 Å². The van der Waals surface area contributed by atoms with Gasteiger partial charge in [0.25, 0.3) is 0 Å². The fourth-order valence-electron chi connectivity index (χ4n) is 1.96. The summed E-state index contributed by atoms with van der Waals surface area (Å²) >= 11 is 0. The Hall–Kier alpha value is -1.38. The second-order valence-electron chi connectivity index (χ2n) is 4.15. The molecule has 0 bridgehead atoms. The maximum atomic E-state index is 13.6. The molecule has 6 nitrogen and oxygen atoms in total. The summed E-state index contributed by atoms with van der Waals surface area (Å²) in [6, 6.07) is 2.14. The molecule has 1 aromatic rings. The quantitative estimate of drug-likeness (QED) is 0.825. The fourth-order valence-corrected chi connectivity index (χ4v) is 3.52. The number of ether oxygens (including phenoxy) is 3. The molecule has 0 aliphatic carbocycles. The Labute approximate surface area is 117 Å². The van der Waals surface area contributed by atoms with Crippen LogP contribution in [-0.2, 0) is 14.8 Å². The summed E-state index contributed by atoms with van der Waals surface area (Å²) in [7, 11) is -1.21. The molecule has 1 aromatic carbocycles. The highest BCUT2D eigenvalue weighted by molar-refractivity contribution is 7.89. The van der Waals surface area contributed by atoms with Gasteiger partial charge in [-0.05, 0) is 0 Å². The number of hydrogen-bond donors (Lipinski definition) is 0. The van der Waals surface area contributed by atoms with Crippen molar-refractivity contribution in [3.63, 3.8) is 0 Å². The third kappa shape index (κ3) is 2.72. The molecule has 8 heteroatoms. The van der Waals surface area contributed by atoms with Crippen molar-refractivity contribution in [1.82, 2.24) is 4.31 Å². The topological polar surface area (TPSA) is 65.1 Å². The minimum absolute atomic E-state index is 0.0465. The predicted octanol–water partition coefficient (Wildman–Crippen LogP) is 0.864. The molecule has 0 aromatic heterocycles. The van der Waals surface area contributed by atoms with Crippen LogP contribution in [-0.4, -0.2) is 53.2 Å². The first kappa shape index (κ1) is 15.0. The van der Waals surface area contributed by atoms with Gasteiger partial charge >= 0.3 is 0 Å². The lowest BCUT2D eigenvalue weighted by molar-refractivity contribution is 0.0729. The lowest BCUT2D eigenvalue weighted by Crippen LogP contribution is -2.40. The molecule has 0 amide bonds. The van der Waals surface area contributed by atoms with Crippen LogP contribution in [0.3, 0.4) is 0 Å². The first-order valence-corrected chi connectivity index (χ1v) is 7.44. The van der Waals surface area contributed by atoms with E-state index in [1.54, 1.807) is 0 Å². The minimum Gasteiger partial charge on any atom is -0.495 e. The first-order chi connectivity index (χ1) is 9.50. The van der Waals surface area contributed by atoms with Gasteiger partial charge in [-0.15, -0.1) is 0 Å². The Bertz CT molecular complexity index is 584. The Morgan fingerprint density at radius 1 is 1.15 bits per heavy atom. The fraction of sp³-hybridized carbons (Fsp3) is 0.500. The molecule has 0 radical (unpaired) electrons. The SMILES string of the molecule is COc1cc(S(=O)(=O)N2CCOCC2)c(OC)cc1F. The number of benzene rings is 1. The highest BCUT2D eigenvalue weighted by atomic mass is 32.2. The summed E-state index contributed by atoms with van der Waals surface area (Å²) in [5.74, 6) is -0.863. The van der Waals surface area contributed by atoms with Gasteiger partial charge in [0.1, 0.15) is 10.6 Å². The summed E-state index contributed by atoms with van der Waals surface area (Å²) in [5.41, 5.74) is 0. The van der Waals surface area contributed by atoms with Crippen LogP contribution < -0.4 is 9.47 Å². The van der Waals surface area contributed by atoms with Crippen molar-refractivity contribution in [2.24, 2.45) is 0 Å². The van der Waals surface area contributed by atoms with Gasteiger partial charge in [-0.25, -0.2) is 12.8 Å². The van der Waals surface area contributed by atoms with Crippen molar-refractivity contribution in [3.05, 3.63) is 17.9 Å². The zero-order valence-electron chi connectivity index (χ0n) is 11.3. The average Bonchev–Trinajstić information content (AvgIpc) is 2.47. The minimum atomic E-state index is -3.77. The second kappa shape index (κ2) is 5.94. The van der Waals surface area contributed by atoms with Gasteiger partial charge in [0, 0.05) is 25.2 Å². The largest absolute Gasteiger partial charge is 0.495 e. The van der Waals surface area contributed by atoms with E-state index in [2.05, 4.69) is 0 Å². The molecular formula is C12H16FNO5S. The molecule has 1 fully saturated rings. The Morgan fingerprint density at radius 3 is 2.30 bits per heavy atom. The van der Waals surface area contributed by atoms with E-state index in [1.807, 2.05) is 0 Å². The van der Waals surface area contributed by atoms with Crippen molar-refractivity contribution in [3.8, 4) is 11.5 Å². The number of methoxy groups -OCH3 is 2. The summed E-state index contributed by atoms with van der Waals surface area (Å²) < 4.78 is 54.9. The first-order valence-electron chi connectivity index (χ1n) is 6.00. The van der Waals surface area contributed by atoms with Gasteiger partial charge in [0.05, 0.1) is 27.4 Å². The standard InChI is InChI=1S/C12H16FNO5S/c1-17-10-8-12(11(18-2)7-9(10)13)20(15,16)14-3-5-19-6-4-14/h7-8H,3-6H2,1-2H3. The summed E-state index contributed by atoms with van der Waals surface area (Å²) in [4.78, 5) is -0.111. The number of sulfonamides is 1. The number of nitrogens with zero attached hydrogens (tertiary/aromatic N) is 1. The second-order valence-corrected chi connectivity index (χ2v) is 6.06. The number of rotatable bonds is 4. The molecular weight excluding hydrogens is 289 g/mol. The van der Waals surface area contributed by atoms with Crippen molar-refractivity contribution < 1.29 is 27.0 Å². The maximum Gasteiger partial charge on any atom is 0.247 e. The zero-order valence-corrected chi connectivity index (χ0v) is 12.1. The molecule has 112 valence electrons. The van der Waals surface area contributed by atoms with E-state index in [0.717, 1.165) is 12.1 Å². The van der Waals surface area contributed by atoms with Crippen LogP contribution in [0.2, 0.25) is 0 Å². The number of hydrogen-bond acceptors (Lipinski definition) is 5. The molecule has 1 aliphatic rings. The van der Waals surface area contributed by atoms with Crippen molar-refractivity contribution in [1.29, 1.82) is 0 Å². The third-order valence-corrected chi connectivity index (χ3v) is 4.95. The highest BCUT2D eigenvalue weighted by Crippen LogP contribution is 2.33. The Kier molecular flexibility index (Phi) is 4.46. The van der Waals surface area contributed by atoms with Crippen molar-refractivity contribution in [2.45, 2.75) is 4.90 Å². The van der Waals surface area contributed by atoms with Crippen molar-refractivity contribution in [2.75, 3.05) is 40.5 Å². The molecule has 2 rings (SSSR count). The van der Waals surface area contributed by atoms with Crippen LogP contribution in [0.25, 0.3) is 0 Å². The molecule has 0 atom stereocenters. The molecule has 20 heavy (non-hydrogen) atoms. The van der Waals surface area contributed by atoms with E-state index >= 15 is 0 Å². The summed E-state index contributed by atoms with van der Waals surface area (Å²) in [6.07, 6.45) is 0. The van der Waals surface area contributed by atoms with Gasteiger partial charge in [-0.1, -0.05) is 0 Å². The molecule has 1 saturated heterocycles. The van der Waals surface area contributed by atoms with Gasteiger partial charge < -0.3 is 14.2 Å². The van der Waals surface area contributed by atoms with E-state index in [9.17, 15) is 12.8 Å². The monoisotopic (exact) mass is 305 g/mol. The average molecular weight is 305 g/mol. The lowest BCUT2D eigenvalue weighted by Gasteiger charge is -2.26. The van der Waals surface area contributed by atoms with E-state index < -0.39 is 15.8 Å². The van der Waals surface area contributed by atoms with E-state index in [-0.39, 0.29) is 29.5 Å².